The molecule has 0 saturated carbocycles. The van der Waals surface area contributed by atoms with Gasteiger partial charge in [0.15, 0.2) is 0 Å². The molecule has 1 aromatic carbocycles. The topological polar surface area (TPSA) is 26.3 Å². The van der Waals surface area contributed by atoms with Crippen LogP contribution in [0.3, 0.4) is 0 Å². The summed E-state index contributed by atoms with van der Waals surface area (Å²) < 4.78 is 5.17. The summed E-state index contributed by atoms with van der Waals surface area (Å²) in [6, 6.07) is 8.36. The fourth-order valence-electron chi connectivity index (χ4n) is 2.37. The highest BCUT2D eigenvalue weighted by Gasteiger charge is 2.34. The second kappa shape index (κ2) is 4.97. The predicted molar refractivity (Wildman–Crippen MR) is 73.2 cm³/mol. The first-order chi connectivity index (χ1) is 8.55. The van der Waals surface area contributed by atoms with Crippen LogP contribution >= 0.6 is 0 Å². The molecule has 0 bridgehead atoms. The van der Waals surface area contributed by atoms with Crippen molar-refractivity contribution in [3.05, 3.63) is 41.0 Å². The first-order valence-electron chi connectivity index (χ1n) is 6.52. The van der Waals surface area contributed by atoms with Crippen LogP contribution in [0.2, 0.25) is 0 Å². The van der Waals surface area contributed by atoms with E-state index in [-0.39, 0.29) is 5.97 Å². The van der Waals surface area contributed by atoms with E-state index >= 15 is 0 Å². The Kier molecular flexibility index (Phi) is 3.55. The van der Waals surface area contributed by atoms with Crippen molar-refractivity contribution >= 4 is 12.0 Å². The Balaban J connectivity index is 2.30. The lowest BCUT2D eigenvalue weighted by atomic mass is 9.77. The van der Waals surface area contributed by atoms with E-state index in [1.54, 1.807) is 0 Å². The van der Waals surface area contributed by atoms with Crippen molar-refractivity contribution in [2.24, 2.45) is 5.41 Å². The Morgan fingerprint density at radius 3 is 2.72 bits per heavy atom. The van der Waals surface area contributed by atoms with Gasteiger partial charge in [0.25, 0.3) is 0 Å². The molecule has 1 aliphatic carbocycles. The van der Waals surface area contributed by atoms with E-state index in [4.69, 9.17) is 4.74 Å². The Morgan fingerprint density at radius 1 is 1.28 bits per heavy atom. The van der Waals surface area contributed by atoms with E-state index in [1.165, 1.54) is 16.7 Å². The molecule has 2 nitrogen and oxygen atoms in total. The van der Waals surface area contributed by atoms with Crippen molar-refractivity contribution in [2.75, 3.05) is 6.61 Å². The average molecular weight is 244 g/mol. The number of rotatable bonds is 3. The van der Waals surface area contributed by atoms with Crippen molar-refractivity contribution in [2.45, 2.75) is 33.6 Å². The molecule has 0 heterocycles. The lowest BCUT2D eigenvalue weighted by Crippen LogP contribution is -2.29. The summed E-state index contributed by atoms with van der Waals surface area (Å²) in [5.41, 5.74) is 3.24. The molecule has 0 atom stereocenters. The van der Waals surface area contributed by atoms with Gasteiger partial charge >= 0.3 is 5.97 Å². The monoisotopic (exact) mass is 244 g/mol. The first-order valence-corrected chi connectivity index (χ1v) is 6.52. The second-order valence-electron chi connectivity index (χ2n) is 5.21. The molecule has 0 aromatic heterocycles. The molecule has 0 unspecified atom stereocenters. The van der Waals surface area contributed by atoms with Gasteiger partial charge in [0.1, 0.15) is 0 Å². The van der Waals surface area contributed by atoms with Gasteiger partial charge in [-0.2, -0.15) is 0 Å². The van der Waals surface area contributed by atoms with E-state index in [9.17, 15) is 4.79 Å². The highest BCUT2D eigenvalue weighted by molar-refractivity contribution is 5.82. The minimum atomic E-state index is -0.524. The van der Waals surface area contributed by atoms with Crippen molar-refractivity contribution in [3.8, 4) is 0 Å². The van der Waals surface area contributed by atoms with Gasteiger partial charge in [-0.15, -0.1) is 0 Å². The van der Waals surface area contributed by atoms with Gasteiger partial charge in [0.2, 0.25) is 0 Å². The third kappa shape index (κ3) is 2.33. The zero-order valence-electron chi connectivity index (χ0n) is 11.3. The zero-order chi connectivity index (χ0) is 13.2. The fraction of sp³-hybridized carbons (Fsp3) is 0.438. The third-order valence-corrected chi connectivity index (χ3v) is 3.64. The SMILES string of the molecule is CCOC(=O)C(C)(C)C1=Cc2ccccc2CC1. The fourth-order valence-corrected chi connectivity index (χ4v) is 2.37. The van der Waals surface area contributed by atoms with Crippen LogP contribution in [0, 0.1) is 5.41 Å². The van der Waals surface area contributed by atoms with E-state index in [0.29, 0.717) is 6.61 Å². The van der Waals surface area contributed by atoms with E-state index in [2.05, 4.69) is 24.3 Å². The molecule has 1 aliphatic rings. The summed E-state index contributed by atoms with van der Waals surface area (Å²) >= 11 is 0. The zero-order valence-corrected chi connectivity index (χ0v) is 11.3. The molecule has 2 rings (SSSR count). The summed E-state index contributed by atoms with van der Waals surface area (Å²) in [6.45, 7) is 6.18. The lowest BCUT2D eigenvalue weighted by Gasteiger charge is -2.28. The summed E-state index contributed by atoms with van der Waals surface area (Å²) in [6.07, 6.45) is 4.09. The van der Waals surface area contributed by atoms with Crippen LogP contribution in [0.15, 0.2) is 29.8 Å². The summed E-state index contributed by atoms with van der Waals surface area (Å²) in [7, 11) is 0. The number of ether oxygens (including phenoxy) is 1. The van der Waals surface area contributed by atoms with Crippen LogP contribution in [0.25, 0.3) is 6.08 Å². The van der Waals surface area contributed by atoms with Crippen molar-refractivity contribution in [1.29, 1.82) is 0 Å². The number of hydrogen-bond acceptors (Lipinski definition) is 2. The molecule has 96 valence electrons. The van der Waals surface area contributed by atoms with Gasteiger partial charge < -0.3 is 4.74 Å². The van der Waals surface area contributed by atoms with E-state index in [0.717, 1.165) is 12.8 Å². The number of esters is 1. The molecule has 0 N–H and O–H groups in total. The highest BCUT2D eigenvalue weighted by atomic mass is 16.5. The molecule has 0 aliphatic heterocycles. The van der Waals surface area contributed by atoms with Crippen LogP contribution < -0.4 is 0 Å². The lowest BCUT2D eigenvalue weighted by molar-refractivity contribution is -0.151. The number of fused-ring (bicyclic) bond motifs is 1. The number of carbonyl (C=O) groups excluding carboxylic acids is 1. The summed E-state index contributed by atoms with van der Waals surface area (Å²) in [4.78, 5) is 12.0. The predicted octanol–water partition coefficient (Wildman–Crippen LogP) is 3.61. The molecule has 1 aromatic rings. The molecule has 0 spiro atoms. The summed E-state index contributed by atoms with van der Waals surface area (Å²) in [5.74, 6) is -0.129. The van der Waals surface area contributed by atoms with Crippen LogP contribution in [0.1, 0.15) is 38.3 Å². The van der Waals surface area contributed by atoms with Gasteiger partial charge in [0.05, 0.1) is 12.0 Å². The molecule has 18 heavy (non-hydrogen) atoms. The molecule has 0 saturated heterocycles. The van der Waals surface area contributed by atoms with Crippen LogP contribution in [-0.2, 0) is 16.0 Å². The van der Waals surface area contributed by atoms with Crippen LogP contribution in [0.4, 0.5) is 0 Å². The van der Waals surface area contributed by atoms with E-state index in [1.807, 2.05) is 26.8 Å². The van der Waals surface area contributed by atoms with Gasteiger partial charge in [-0.05, 0) is 44.7 Å². The maximum atomic E-state index is 12.0. The quantitative estimate of drug-likeness (QED) is 0.759. The summed E-state index contributed by atoms with van der Waals surface area (Å²) in [5, 5.41) is 0. The number of carbonyl (C=O) groups is 1. The smallest absolute Gasteiger partial charge is 0.315 e. The van der Waals surface area contributed by atoms with Gasteiger partial charge in [-0.25, -0.2) is 0 Å². The third-order valence-electron chi connectivity index (χ3n) is 3.64. The van der Waals surface area contributed by atoms with Crippen LogP contribution in [-0.4, -0.2) is 12.6 Å². The largest absolute Gasteiger partial charge is 0.465 e. The standard InChI is InChI=1S/C16H20O2/c1-4-18-15(17)16(2,3)14-10-9-12-7-5-6-8-13(12)11-14/h5-8,11H,4,9-10H2,1-3H3. The number of hydrogen-bond donors (Lipinski definition) is 0. The Bertz CT molecular complexity index is 484. The Labute approximate surface area is 109 Å². The average Bonchev–Trinajstić information content (AvgIpc) is 2.38. The minimum absolute atomic E-state index is 0.129. The van der Waals surface area contributed by atoms with Crippen molar-refractivity contribution in [1.82, 2.24) is 0 Å². The maximum absolute atomic E-state index is 12.0. The van der Waals surface area contributed by atoms with Crippen LogP contribution in [0.5, 0.6) is 0 Å². The van der Waals surface area contributed by atoms with Gasteiger partial charge in [-0.1, -0.05) is 35.9 Å². The van der Waals surface area contributed by atoms with Gasteiger partial charge in [0, 0.05) is 0 Å². The van der Waals surface area contributed by atoms with Crippen molar-refractivity contribution < 1.29 is 9.53 Å². The Morgan fingerprint density at radius 2 is 2.00 bits per heavy atom. The molecule has 0 fully saturated rings. The maximum Gasteiger partial charge on any atom is 0.315 e. The van der Waals surface area contributed by atoms with Gasteiger partial charge in [-0.3, -0.25) is 4.79 Å². The number of benzene rings is 1. The first kappa shape index (κ1) is 12.9. The normalized spacial score (nSPS) is 14.7. The van der Waals surface area contributed by atoms with E-state index < -0.39 is 5.41 Å². The molecular formula is C16H20O2. The molecule has 0 radical (unpaired) electrons. The molecule has 0 amide bonds. The van der Waals surface area contributed by atoms with Crippen molar-refractivity contribution in [3.63, 3.8) is 0 Å². The number of aryl methyl sites for hydroxylation is 1. The molecular weight excluding hydrogens is 224 g/mol. The Hall–Kier alpha value is -1.57. The molecule has 2 heteroatoms. The second-order valence-corrected chi connectivity index (χ2v) is 5.21. The minimum Gasteiger partial charge on any atom is -0.465 e. The highest BCUT2D eigenvalue weighted by Crippen LogP contribution is 2.36.